The van der Waals surface area contributed by atoms with Crippen molar-refractivity contribution in [2.24, 2.45) is 0 Å². The lowest BCUT2D eigenvalue weighted by molar-refractivity contribution is -0.155. The lowest BCUT2D eigenvalue weighted by Gasteiger charge is -2.06. The number of esters is 1. The number of carbonyl (C=O) groups is 1. The van der Waals surface area contributed by atoms with Gasteiger partial charge in [-0.25, -0.2) is 4.79 Å². The summed E-state index contributed by atoms with van der Waals surface area (Å²) in [5.74, 6) is -0.471. The minimum Gasteiger partial charge on any atom is -0.467 e. The van der Waals surface area contributed by atoms with Crippen LogP contribution in [-0.2, 0) is 19.0 Å². The summed E-state index contributed by atoms with van der Waals surface area (Å²) >= 11 is 0. The van der Waals surface area contributed by atoms with Gasteiger partial charge in [0.15, 0.2) is 12.4 Å². The van der Waals surface area contributed by atoms with Crippen molar-refractivity contribution >= 4 is 5.97 Å². The Morgan fingerprint density at radius 1 is 1.82 bits per heavy atom. The van der Waals surface area contributed by atoms with Crippen molar-refractivity contribution in [3.63, 3.8) is 0 Å². The highest BCUT2D eigenvalue weighted by atomic mass is 16.7. The third-order valence-corrected chi connectivity index (χ3v) is 1.36. The number of methoxy groups -OCH3 is 1. The molecule has 5 nitrogen and oxygen atoms in total. The van der Waals surface area contributed by atoms with E-state index in [9.17, 15) is 4.79 Å². The Morgan fingerprint density at radius 2 is 2.55 bits per heavy atom. The molecule has 0 radical (unpaired) electrons. The van der Waals surface area contributed by atoms with E-state index in [1.54, 1.807) is 0 Å². The molecular weight excluding hydrogens is 152 g/mol. The second-order valence-corrected chi connectivity index (χ2v) is 2.09. The van der Waals surface area contributed by atoms with E-state index >= 15 is 0 Å². The molecule has 1 aliphatic heterocycles. The van der Waals surface area contributed by atoms with Crippen molar-refractivity contribution in [1.82, 2.24) is 0 Å². The van der Waals surface area contributed by atoms with Crippen molar-refractivity contribution in [3.8, 4) is 0 Å². The third-order valence-electron chi connectivity index (χ3n) is 1.36. The van der Waals surface area contributed by atoms with Crippen LogP contribution in [0.5, 0.6) is 0 Å². The summed E-state index contributed by atoms with van der Waals surface area (Å²) < 4.78 is 14.2. The van der Waals surface area contributed by atoms with E-state index in [0.717, 1.165) is 0 Å². The molecule has 0 saturated carbocycles. The highest BCUT2D eigenvalue weighted by Crippen LogP contribution is 2.11. The summed E-state index contributed by atoms with van der Waals surface area (Å²) in [6.45, 7) is -0.0919. The molecule has 1 N–H and O–H groups in total. The second kappa shape index (κ2) is 3.66. The predicted molar refractivity (Wildman–Crippen MR) is 33.7 cm³/mol. The van der Waals surface area contributed by atoms with Gasteiger partial charge in [-0.15, -0.1) is 0 Å². The van der Waals surface area contributed by atoms with E-state index in [4.69, 9.17) is 14.6 Å². The number of ether oxygens (including phenoxy) is 3. The summed E-state index contributed by atoms with van der Waals surface area (Å²) in [6.07, 6.45) is -1.36. The van der Waals surface area contributed by atoms with E-state index in [1.807, 2.05) is 0 Å². The normalized spacial score (nSPS) is 30.4. The summed E-state index contributed by atoms with van der Waals surface area (Å²) in [5, 5.41) is 8.54. The van der Waals surface area contributed by atoms with Crippen LogP contribution in [0.1, 0.15) is 0 Å². The largest absolute Gasteiger partial charge is 0.467 e. The van der Waals surface area contributed by atoms with Crippen molar-refractivity contribution in [1.29, 1.82) is 0 Å². The molecule has 0 amide bonds. The number of aliphatic hydroxyl groups is 1. The van der Waals surface area contributed by atoms with Gasteiger partial charge in [-0.3, -0.25) is 0 Å². The van der Waals surface area contributed by atoms with Crippen molar-refractivity contribution < 1.29 is 24.1 Å². The fourth-order valence-corrected chi connectivity index (χ4v) is 0.807. The molecule has 1 heterocycles. The van der Waals surface area contributed by atoms with Crippen LogP contribution < -0.4 is 0 Å². The van der Waals surface area contributed by atoms with Crippen molar-refractivity contribution in [2.45, 2.75) is 12.4 Å². The van der Waals surface area contributed by atoms with Crippen LogP contribution in [0.2, 0.25) is 0 Å². The summed E-state index contributed by atoms with van der Waals surface area (Å²) in [7, 11) is 1.28. The number of carbonyl (C=O) groups excluding carboxylic acids is 1. The first-order valence-corrected chi connectivity index (χ1v) is 3.23. The Balaban J connectivity index is 2.35. The molecule has 0 spiro atoms. The topological polar surface area (TPSA) is 65.0 Å². The Bertz CT molecular complexity index is 146. The molecule has 0 aromatic rings. The van der Waals surface area contributed by atoms with E-state index in [-0.39, 0.29) is 13.2 Å². The van der Waals surface area contributed by atoms with E-state index in [1.165, 1.54) is 7.11 Å². The van der Waals surface area contributed by atoms with Gasteiger partial charge < -0.3 is 19.3 Å². The monoisotopic (exact) mass is 162 g/mol. The Hall–Kier alpha value is -0.650. The fraction of sp³-hybridized carbons (Fsp3) is 0.833. The number of aliphatic hydroxyl groups excluding tert-OH is 1. The van der Waals surface area contributed by atoms with E-state index in [2.05, 4.69) is 4.74 Å². The first-order chi connectivity index (χ1) is 5.27. The molecule has 2 atom stereocenters. The maximum atomic E-state index is 10.8. The molecular formula is C6H10O5. The van der Waals surface area contributed by atoms with Gasteiger partial charge in [0.2, 0.25) is 0 Å². The van der Waals surface area contributed by atoms with Crippen LogP contribution in [0.15, 0.2) is 0 Å². The third kappa shape index (κ3) is 1.89. The van der Waals surface area contributed by atoms with Gasteiger partial charge in [-0.1, -0.05) is 0 Å². The van der Waals surface area contributed by atoms with Gasteiger partial charge in [0, 0.05) is 0 Å². The molecule has 1 saturated heterocycles. The molecule has 1 unspecified atom stereocenters. The van der Waals surface area contributed by atoms with Crippen LogP contribution >= 0.6 is 0 Å². The average molecular weight is 162 g/mol. The van der Waals surface area contributed by atoms with Crippen LogP contribution in [0.3, 0.4) is 0 Å². The Labute approximate surface area is 63.9 Å². The highest BCUT2D eigenvalue weighted by molar-refractivity contribution is 5.74. The minimum atomic E-state index is -0.683. The SMILES string of the molecule is COC(=O)[C@@H]1COC(CO)O1. The van der Waals surface area contributed by atoms with Crippen LogP contribution in [0.25, 0.3) is 0 Å². The van der Waals surface area contributed by atoms with Gasteiger partial charge in [0.25, 0.3) is 0 Å². The highest BCUT2D eigenvalue weighted by Gasteiger charge is 2.31. The summed E-state index contributed by atoms with van der Waals surface area (Å²) in [6, 6.07) is 0. The zero-order valence-corrected chi connectivity index (χ0v) is 6.15. The van der Waals surface area contributed by atoms with E-state index < -0.39 is 18.4 Å². The first kappa shape index (κ1) is 8.45. The number of hydrogen-bond acceptors (Lipinski definition) is 5. The molecule has 0 bridgehead atoms. The maximum Gasteiger partial charge on any atom is 0.337 e. The molecule has 5 heteroatoms. The number of rotatable bonds is 2. The molecule has 11 heavy (non-hydrogen) atoms. The predicted octanol–water partition coefficient (Wildman–Crippen LogP) is -1.11. The zero-order valence-electron chi connectivity index (χ0n) is 6.15. The molecule has 1 fully saturated rings. The molecule has 0 aromatic heterocycles. The van der Waals surface area contributed by atoms with Gasteiger partial charge in [-0.2, -0.15) is 0 Å². The average Bonchev–Trinajstić information content (AvgIpc) is 2.50. The lowest BCUT2D eigenvalue weighted by atomic mass is 10.4. The molecule has 0 aromatic carbocycles. The fourth-order valence-electron chi connectivity index (χ4n) is 0.807. The summed E-state index contributed by atoms with van der Waals surface area (Å²) in [5.41, 5.74) is 0. The minimum absolute atomic E-state index is 0.151. The van der Waals surface area contributed by atoms with Gasteiger partial charge in [-0.05, 0) is 0 Å². The molecule has 0 aliphatic carbocycles. The standard InChI is InChI=1S/C6H10O5/c1-9-6(8)4-3-10-5(2-7)11-4/h4-5,7H,2-3H2,1H3/t4-,5?/m0/s1. The van der Waals surface area contributed by atoms with E-state index in [0.29, 0.717) is 0 Å². The van der Waals surface area contributed by atoms with Crippen LogP contribution in [-0.4, -0.2) is 43.8 Å². The number of hydrogen-bond donors (Lipinski definition) is 1. The van der Waals surface area contributed by atoms with Crippen LogP contribution in [0, 0.1) is 0 Å². The Kier molecular flexibility index (Phi) is 2.81. The summed E-state index contributed by atoms with van der Waals surface area (Å²) in [4.78, 5) is 10.8. The quantitative estimate of drug-likeness (QED) is 0.522. The molecule has 1 aliphatic rings. The lowest BCUT2D eigenvalue weighted by Crippen LogP contribution is -2.25. The van der Waals surface area contributed by atoms with Crippen molar-refractivity contribution in [2.75, 3.05) is 20.3 Å². The second-order valence-electron chi connectivity index (χ2n) is 2.09. The van der Waals surface area contributed by atoms with Gasteiger partial charge in [0.05, 0.1) is 20.3 Å². The van der Waals surface area contributed by atoms with Crippen molar-refractivity contribution in [3.05, 3.63) is 0 Å². The molecule has 1 rings (SSSR count). The molecule has 64 valence electrons. The zero-order chi connectivity index (χ0) is 8.27. The maximum absolute atomic E-state index is 10.8. The van der Waals surface area contributed by atoms with Gasteiger partial charge in [0.1, 0.15) is 0 Å². The van der Waals surface area contributed by atoms with Crippen LogP contribution in [0.4, 0.5) is 0 Å². The smallest absolute Gasteiger partial charge is 0.337 e. The first-order valence-electron chi connectivity index (χ1n) is 3.23. The van der Waals surface area contributed by atoms with Gasteiger partial charge >= 0.3 is 5.97 Å². The Morgan fingerprint density at radius 3 is 3.00 bits per heavy atom.